The molecule has 0 aliphatic carbocycles. The summed E-state index contributed by atoms with van der Waals surface area (Å²) >= 11 is 4.85. The maximum Gasteiger partial charge on any atom is 0.230 e. The number of hydrogen-bond acceptors (Lipinski definition) is 5. The standard InChI is InChI=1S/C25H30BrFN4O2S/c1-2-21(27)5-3-10-28-24-19-34-18-23(31(24)12-4-11-29-25(32)17-26)20-6-8-22(9-7-20)30-13-15-33-16-14-30/h2-3,5-10,18H,1,4,11-17,19H2,(H,29,32)/b10-3+,21-5+,28-24?. The Morgan fingerprint density at radius 2 is 2.06 bits per heavy atom. The third-order valence-electron chi connectivity index (χ3n) is 5.31. The van der Waals surface area contributed by atoms with Gasteiger partial charge in [0, 0.05) is 38.1 Å². The molecule has 2 heterocycles. The fraction of sp³-hybridized carbons (Fsp3) is 0.360. The van der Waals surface area contributed by atoms with E-state index in [1.807, 2.05) is 0 Å². The Hall–Kier alpha value is -2.36. The van der Waals surface area contributed by atoms with Gasteiger partial charge in [-0.25, -0.2) is 9.38 Å². The number of carbonyl (C=O) groups is 1. The highest BCUT2D eigenvalue weighted by molar-refractivity contribution is 9.09. The van der Waals surface area contributed by atoms with Crippen molar-refractivity contribution in [2.24, 2.45) is 4.99 Å². The number of benzene rings is 1. The number of morpholine rings is 1. The van der Waals surface area contributed by atoms with Crippen LogP contribution in [0.1, 0.15) is 12.0 Å². The molecule has 0 bridgehead atoms. The average Bonchev–Trinajstić information content (AvgIpc) is 2.89. The van der Waals surface area contributed by atoms with E-state index in [2.05, 4.69) is 72.3 Å². The van der Waals surface area contributed by atoms with Gasteiger partial charge in [0.25, 0.3) is 0 Å². The average molecular weight is 550 g/mol. The van der Waals surface area contributed by atoms with Gasteiger partial charge in [-0.2, -0.15) is 0 Å². The van der Waals surface area contributed by atoms with Crippen molar-refractivity contribution in [1.29, 1.82) is 0 Å². The number of halogens is 2. The summed E-state index contributed by atoms with van der Waals surface area (Å²) in [6, 6.07) is 8.57. The highest BCUT2D eigenvalue weighted by atomic mass is 79.9. The Labute approximate surface area is 213 Å². The van der Waals surface area contributed by atoms with E-state index in [1.165, 1.54) is 11.8 Å². The van der Waals surface area contributed by atoms with Crippen molar-refractivity contribution in [3.63, 3.8) is 0 Å². The maximum absolute atomic E-state index is 13.3. The molecule has 1 aromatic carbocycles. The maximum atomic E-state index is 13.3. The number of alkyl halides is 1. The Morgan fingerprint density at radius 3 is 2.76 bits per heavy atom. The molecular weight excluding hydrogens is 519 g/mol. The van der Waals surface area contributed by atoms with Crippen molar-refractivity contribution >= 4 is 50.8 Å². The Kier molecular flexibility index (Phi) is 10.9. The molecule has 1 saturated heterocycles. The number of anilines is 1. The lowest BCUT2D eigenvalue weighted by Crippen LogP contribution is -2.36. The first-order chi connectivity index (χ1) is 16.6. The molecule has 182 valence electrons. The molecule has 1 N–H and O–H groups in total. The number of amidine groups is 1. The number of thioether (sulfide) groups is 1. The SMILES string of the molecule is C=C/C(F)=C\C=C\N=C1CSC=C(c2ccc(N3CCOCC3)cc2)N1CCCNC(=O)CBr. The smallest absolute Gasteiger partial charge is 0.230 e. The Bertz CT molecular complexity index is 956. The highest BCUT2D eigenvalue weighted by Gasteiger charge is 2.22. The van der Waals surface area contributed by atoms with Gasteiger partial charge in [-0.05, 0) is 47.8 Å². The van der Waals surface area contributed by atoms with E-state index in [-0.39, 0.29) is 5.91 Å². The number of amides is 1. The molecular formula is C25H30BrFN4O2S. The van der Waals surface area contributed by atoms with E-state index in [0.29, 0.717) is 24.2 Å². The van der Waals surface area contributed by atoms with Crippen molar-refractivity contribution in [2.75, 3.05) is 55.4 Å². The Morgan fingerprint density at radius 1 is 1.29 bits per heavy atom. The van der Waals surface area contributed by atoms with Gasteiger partial charge in [-0.15, -0.1) is 11.8 Å². The fourth-order valence-electron chi connectivity index (χ4n) is 3.56. The molecule has 2 aliphatic rings. The summed E-state index contributed by atoms with van der Waals surface area (Å²) in [5.74, 6) is 1.16. The monoisotopic (exact) mass is 548 g/mol. The summed E-state index contributed by atoms with van der Waals surface area (Å²) < 4.78 is 18.8. The summed E-state index contributed by atoms with van der Waals surface area (Å²) in [6.07, 6.45) is 6.42. The molecule has 1 fully saturated rings. The van der Waals surface area contributed by atoms with E-state index >= 15 is 0 Å². The fourth-order valence-corrected chi connectivity index (χ4v) is 4.65. The summed E-state index contributed by atoms with van der Waals surface area (Å²) in [5.41, 5.74) is 3.35. The van der Waals surface area contributed by atoms with E-state index in [9.17, 15) is 9.18 Å². The molecule has 1 aromatic rings. The quantitative estimate of drug-likeness (QED) is 0.260. The van der Waals surface area contributed by atoms with Crippen LogP contribution in [0.2, 0.25) is 0 Å². The Balaban J connectivity index is 1.77. The van der Waals surface area contributed by atoms with E-state index in [0.717, 1.165) is 55.9 Å². The molecule has 3 rings (SSSR count). The number of allylic oxidation sites excluding steroid dienone is 4. The second-order valence-electron chi connectivity index (χ2n) is 7.59. The van der Waals surface area contributed by atoms with Crippen LogP contribution in [0.3, 0.4) is 0 Å². The number of aliphatic imine (C=N–C) groups is 1. The van der Waals surface area contributed by atoms with E-state index in [4.69, 9.17) is 4.74 Å². The number of carbonyl (C=O) groups excluding carboxylic acids is 1. The third-order valence-corrected chi connectivity index (χ3v) is 6.64. The number of ether oxygens (including phenoxy) is 1. The van der Waals surface area contributed by atoms with Crippen LogP contribution in [0.15, 0.2) is 71.5 Å². The lowest BCUT2D eigenvalue weighted by molar-refractivity contribution is -0.118. The normalized spacial score (nSPS) is 18.4. The van der Waals surface area contributed by atoms with Gasteiger partial charge in [-0.3, -0.25) is 4.79 Å². The molecule has 0 radical (unpaired) electrons. The first kappa shape index (κ1) is 26.2. The van der Waals surface area contributed by atoms with Crippen LogP contribution >= 0.6 is 27.7 Å². The van der Waals surface area contributed by atoms with E-state index < -0.39 is 5.83 Å². The predicted molar refractivity (Wildman–Crippen MR) is 144 cm³/mol. The molecule has 0 atom stereocenters. The predicted octanol–water partition coefficient (Wildman–Crippen LogP) is 4.72. The lowest BCUT2D eigenvalue weighted by Gasteiger charge is -2.32. The van der Waals surface area contributed by atoms with Crippen LogP contribution in [0.4, 0.5) is 10.1 Å². The van der Waals surface area contributed by atoms with Crippen molar-refractivity contribution in [3.05, 3.63) is 72.1 Å². The second-order valence-corrected chi connectivity index (χ2v) is 9.01. The molecule has 0 saturated carbocycles. The summed E-state index contributed by atoms with van der Waals surface area (Å²) in [5, 5.41) is 5.34. The third kappa shape index (κ3) is 7.85. The second kappa shape index (κ2) is 14.1. The number of hydrogen-bond donors (Lipinski definition) is 1. The van der Waals surface area contributed by atoms with Crippen LogP contribution < -0.4 is 10.2 Å². The first-order valence-electron chi connectivity index (χ1n) is 11.2. The number of rotatable bonds is 10. The minimum Gasteiger partial charge on any atom is -0.378 e. The van der Waals surface area contributed by atoms with Gasteiger partial charge in [0.2, 0.25) is 5.91 Å². The van der Waals surface area contributed by atoms with Crippen LogP contribution in [0, 0.1) is 0 Å². The zero-order valence-electron chi connectivity index (χ0n) is 19.1. The van der Waals surface area contributed by atoms with Gasteiger partial charge in [0.05, 0.1) is 30.0 Å². The summed E-state index contributed by atoms with van der Waals surface area (Å²) in [6.45, 7) is 7.98. The van der Waals surface area contributed by atoms with Crippen molar-refractivity contribution in [2.45, 2.75) is 6.42 Å². The van der Waals surface area contributed by atoms with Gasteiger partial charge in [0.1, 0.15) is 11.7 Å². The largest absolute Gasteiger partial charge is 0.378 e. The molecule has 0 unspecified atom stereocenters. The van der Waals surface area contributed by atoms with E-state index in [1.54, 1.807) is 24.0 Å². The van der Waals surface area contributed by atoms with Crippen LogP contribution in [-0.4, -0.2) is 67.1 Å². The first-order valence-corrected chi connectivity index (χ1v) is 13.4. The zero-order valence-corrected chi connectivity index (χ0v) is 21.5. The highest BCUT2D eigenvalue weighted by Crippen LogP contribution is 2.30. The molecule has 2 aliphatic heterocycles. The molecule has 1 amide bonds. The van der Waals surface area contributed by atoms with Crippen molar-refractivity contribution < 1.29 is 13.9 Å². The van der Waals surface area contributed by atoms with Crippen molar-refractivity contribution in [3.8, 4) is 0 Å². The zero-order chi connectivity index (χ0) is 24.2. The molecule has 0 spiro atoms. The summed E-state index contributed by atoms with van der Waals surface area (Å²) in [7, 11) is 0. The molecule has 6 nitrogen and oxygen atoms in total. The summed E-state index contributed by atoms with van der Waals surface area (Å²) in [4.78, 5) is 20.7. The van der Waals surface area contributed by atoms with Gasteiger partial charge in [0.15, 0.2) is 0 Å². The minimum atomic E-state index is -0.408. The van der Waals surface area contributed by atoms with Gasteiger partial charge in [-0.1, -0.05) is 34.6 Å². The number of nitrogens with zero attached hydrogens (tertiary/aromatic N) is 3. The minimum absolute atomic E-state index is 0.0310. The lowest BCUT2D eigenvalue weighted by atomic mass is 10.1. The molecule has 34 heavy (non-hydrogen) atoms. The van der Waals surface area contributed by atoms with Crippen LogP contribution in [0.25, 0.3) is 5.70 Å². The van der Waals surface area contributed by atoms with Crippen molar-refractivity contribution in [1.82, 2.24) is 10.2 Å². The molecule has 0 aromatic heterocycles. The molecule has 9 heteroatoms. The number of nitrogens with one attached hydrogen (secondary N) is 1. The van der Waals surface area contributed by atoms with Crippen LogP contribution in [0.5, 0.6) is 0 Å². The topological polar surface area (TPSA) is 57.2 Å². The van der Waals surface area contributed by atoms with Gasteiger partial charge < -0.3 is 19.9 Å². The van der Waals surface area contributed by atoms with Gasteiger partial charge >= 0.3 is 0 Å². The van der Waals surface area contributed by atoms with Crippen LogP contribution in [-0.2, 0) is 9.53 Å².